The third kappa shape index (κ3) is 0.805. The molecular weight excluding hydrogens is 140 g/mol. The molecule has 0 aliphatic heterocycles. The highest BCUT2D eigenvalue weighted by Gasteiger charge is 2.67. The Morgan fingerprint density at radius 3 is 2.45 bits per heavy atom. The molecule has 0 unspecified atom stereocenters. The van der Waals surface area contributed by atoms with E-state index in [0.29, 0.717) is 5.41 Å². The van der Waals surface area contributed by atoms with E-state index in [1.807, 2.05) is 0 Å². The number of amides is 1. The van der Waals surface area contributed by atoms with Gasteiger partial charge >= 0.3 is 0 Å². The summed E-state index contributed by atoms with van der Waals surface area (Å²) in [5, 5.41) is 2.99. The molecule has 3 N–H and O–H groups in total. The van der Waals surface area contributed by atoms with E-state index in [2.05, 4.69) is 5.32 Å². The summed E-state index contributed by atoms with van der Waals surface area (Å²) in [4.78, 5) is 10.7. The third-order valence-corrected chi connectivity index (χ3v) is 3.01. The molecule has 3 heteroatoms. The second kappa shape index (κ2) is 1.78. The van der Waals surface area contributed by atoms with E-state index in [4.69, 9.17) is 5.73 Å². The number of carbonyl (C=O) groups is 1. The van der Waals surface area contributed by atoms with Crippen LogP contribution in [0, 0.1) is 5.41 Å². The van der Waals surface area contributed by atoms with Crippen LogP contribution in [0.1, 0.15) is 26.2 Å². The first-order valence-electron chi connectivity index (χ1n) is 4.09. The highest BCUT2D eigenvalue weighted by Crippen LogP contribution is 2.66. The first-order valence-corrected chi connectivity index (χ1v) is 4.09. The van der Waals surface area contributed by atoms with E-state index in [-0.39, 0.29) is 11.4 Å². The maximum absolute atomic E-state index is 10.7. The number of rotatable bonds is 2. The van der Waals surface area contributed by atoms with Crippen LogP contribution in [0.2, 0.25) is 0 Å². The topological polar surface area (TPSA) is 55.1 Å². The lowest BCUT2D eigenvalue weighted by molar-refractivity contribution is -0.159. The van der Waals surface area contributed by atoms with Crippen LogP contribution >= 0.6 is 0 Å². The van der Waals surface area contributed by atoms with Gasteiger partial charge in [-0.2, -0.15) is 0 Å². The van der Waals surface area contributed by atoms with E-state index in [9.17, 15) is 4.79 Å². The summed E-state index contributed by atoms with van der Waals surface area (Å²) >= 11 is 0. The van der Waals surface area contributed by atoms with E-state index >= 15 is 0 Å². The Balaban J connectivity index is 1.89. The summed E-state index contributed by atoms with van der Waals surface area (Å²) in [6.07, 6.45) is 3.32. The summed E-state index contributed by atoms with van der Waals surface area (Å²) in [6.45, 7) is 2.36. The van der Waals surface area contributed by atoms with Gasteiger partial charge in [0.25, 0.3) is 0 Å². The van der Waals surface area contributed by atoms with Crippen molar-refractivity contribution in [2.75, 3.05) is 6.54 Å². The van der Waals surface area contributed by atoms with Gasteiger partial charge < -0.3 is 11.1 Å². The molecular formula is C8H14N2O. The summed E-state index contributed by atoms with van der Waals surface area (Å²) in [5.74, 6) is 0.0929. The van der Waals surface area contributed by atoms with Gasteiger partial charge in [-0.3, -0.25) is 4.79 Å². The zero-order valence-electron chi connectivity index (χ0n) is 6.81. The van der Waals surface area contributed by atoms with E-state index in [1.165, 1.54) is 0 Å². The van der Waals surface area contributed by atoms with Crippen molar-refractivity contribution in [3.05, 3.63) is 0 Å². The van der Waals surface area contributed by atoms with Crippen molar-refractivity contribution in [3.63, 3.8) is 0 Å². The Kier molecular flexibility index (Phi) is 1.15. The Hall–Kier alpha value is -0.570. The van der Waals surface area contributed by atoms with Crippen molar-refractivity contribution < 1.29 is 4.79 Å². The minimum absolute atomic E-state index is 0.0929. The smallest absolute Gasteiger partial charge is 0.217 e. The molecule has 3 nitrogen and oxygen atoms in total. The Labute approximate surface area is 66.3 Å². The predicted octanol–water partition coefficient (Wildman–Crippen LogP) is 0.00390. The molecule has 0 atom stereocenters. The molecule has 3 rings (SSSR count). The lowest BCUT2D eigenvalue weighted by Gasteiger charge is -2.70. The molecule has 0 aromatic heterocycles. The van der Waals surface area contributed by atoms with Crippen LogP contribution in [0.3, 0.4) is 0 Å². The van der Waals surface area contributed by atoms with Crippen LogP contribution in [0.15, 0.2) is 0 Å². The molecule has 0 aromatic carbocycles. The molecule has 11 heavy (non-hydrogen) atoms. The van der Waals surface area contributed by atoms with Crippen LogP contribution in [0.4, 0.5) is 0 Å². The molecule has 3 aliphatic rings. The molecule has 2 bridgehead atoms. The number of nitrogens with two attached hydrogens (primary N) is 1. The van der Waals surface area contributed by atoms with Gasteiger partial charge in [0.15, 0.2) is 0 Å². The second-order valence-corrected chi connectivity index (χ2v) is 4.20. The molecule has 3 fully saturated rings. The lowest BCUT2D eigenvalue weighted by atomic mass is 9.39. The number of hydrogen-bond acceptors (Lipinski definition) is 2. The van der Waals surface area contributed by atoms with Crippen molar-refractivity contribution in [1.82, 2.24) is 5.32 Å². The minimum Gasteiger partial charge on any atom is -0.351 e. The van der Waals surface area contributed by atoms with Gasteiger partial charge in [0.2, 0.25) is 5.91 Å². The van der Waals surface area contributed by atoms with Gasteiger partial charge in [0.05, 0.1) is 0 Å². The summed E-state index contributed by atoms with van der Waals surface area (Å²) in [6, 6.07) is 0. The fourth-order valence-electron chi connectivity index (χ4n) is 2.72. The van der Waals surface area contributed by atoms with Crippen molar-refractivity contribution in [2.24, 2.45) is 11.1 Å². The molecule has 0 spiro atoms. The maximum atomic E-state index is 10.7. The number of nitrogens with one attached hydrogen (secondary N) is 1. The predicted molar refractivity (Wildman–Crippen MR) is 41.9 cm³/mol. The Morgan fingerprint density at radius 1 is 1.55 bits per heavy atom. The molecule has 1 amide bonds. The monoisotopic (exact) mass is 154 g/mol. The molecule has 0 saturated heterocycles. The second-order valence-electron chi connectivity index (χ2n) is 4.20. The van der Waals surface area contributed by atoms with E-state index in [0.717, 1.165) is 25.8 Å². The molecule has 0 radical (unpaired) electrons. The van der Waals surface area contributed by atoms with Gasteiger partial charge in [-0.15, -0.1) is 0 Å². The van der Waals surface area contributed by atoms with Gasteiger partial charge in [0, 0.05) is 12.5 Å². The number of hydrogen-bond donors (Lipinski definition) is 2. The maximum Gasteiger partial charge on any atom is 0.217 e. The van der Waals surface area contributed by atoms with Crippen LogP contribution < -0.4 is 11.1 Å². The van der Waals surface area contributed by atoms with Gasteiger partial charge in [-0.05, 0) is 31.2 Å². The molecule has 3 aliphatic carbocycles. The van der Waals surface area contributed by atoms with Crippen LogP contribution in [-0.4, -0.2) is 18.0 Å². The third-order valence-electron chi connectivity index (χ3n) is 3.01. The fourth-order valence-corrected chi connectivity index (χ4v) is 2.72. The first-order chi connectivity index (χ1) is 5.10. The molecule has 3 saturated carbocycles. The van der Waals surface area contributed by atoms with Crippen molar-refractivity contribution in [2.45, 2.75) is 31.7 Å². The average Bonchev–Trinajstić information content (AvgIpc) is 1.74. The minimum atomic E-state index is 0.0929. The lowest BCUT2D eigenvalue weighted by Crippen LogP contribution is -2.76. The van der Waals surface area contributed by atoms with Crippen LogP contribution in [0.25, 0.3) is 0 Å². The molecule has 62 valence electrons. The Bertz CT molecular complexity index is 192. The van der Waals surface area contributed by atoms with E-state index in [1.54, 1.807) is 6.92 Å². The normalized spacial score (nSPS) is 45.6. The molecule has 0 heterocycles. The molecule has 0 aromatic rings. The SMILES string of the molecule is CC(=O)NC12CC(CN)(C1)C2. The zero-order valence-corrected chi connectivity index (χ0v) is 6.81. The highest BCUT2D eigenvalue weighted by atomic mass is 16.1. The highest BCUT2D eigenvalue weighted by molar-refractivity contribution is 5.74. The van der Waals surface area contributed by atoms with Crippen molar-refractivity contribution in [1.29, 1.82) is 0 Å². The first kappa shape index (κ1) is 7.10. The van der Waals surface area contributed by atoms with Crippen LogP contribution in [-0.2, 0) is 4.79 Å². The van der Waals surface area contributed by atoms with Gasteiger partial charge in [-0.25, -0.2) is 0 Å². The fraction of sp³-hybridized carbons (Fsp3) is 0.875. The van der Waals surface area contributed by atoms with Crippen molar-refractivity contribution in [3.8, 4) is 0 Å². The summed E-state index contributed by atoms with van der Waals surface area (Å²) in [7, 11) is 0. The average molecular weight is 154 g/mol. The largest absolute Gasteiger partial charge is 0.351 e. The standard InChI is InChI=1S/C8H14N2O/c1-6(11)10-8-2-7(3-8,4-8)5-9/h2-5,9H2,1H3,(H,10,11). The summed E-state index contributed by atoms with van der Waals surface area (Å²) in [5.41, 5.74) is 6.17. The van der Waals surface area contributed by atoms with E-state index < -0.39 is 0 Å². The quantitative estimate of drug-likeness (QED) is 0.588. The van der Waals surface area contributed by atoms with Gasteiger partial charge in [-0.1, -0.05) is 0 Å². The van der Waals surface area contributed by atoms with Gasteiger partial charge in [0.1, 0.15) is 0 Å². The van der Waals surface area contributed by atoms with Crippen molar-refractivity contribution >= 4 is 5.91 Å². The Morgan fingerprint density at radius 2 is 2.09 bits per heavy atom. The number of carbonyl (C=O) groups excluding carboxylic acids is 1. The summed E-state index contributed by atoms with van der Waals surface area (Å²) < 4.78 is 0. The van der Waals surface area contributed by atoms with Crippen LogP contribution in [0.5, 0.6) is 0 Å². The zero-order chi connectivity index (χ0) is 8.11.